The Morgan fingerprint density at radius 2 is 1.32 bits per heavy atom. The predicted molar refractivity (Wildman–Crippen MR) is 83.9 cm³/mol. The highest BCUT2D eigenvalue weighted by molar-refractivity contribution is 4.48. The van der Waals surface area contributed by atoms with Crippen molar-refractivity contribution >= 4 is 0 Å². The van der Waals surface area contributed by atoms with Crippen molar-refractivity contribution in [3.8, 4) is 0 Å². The van der Waals surface area contributed by atoms with Gasteiger partial charge in [-0.3, -0.25) is 0 Å². The standard InChI is InChI=1S/C9H20O3.C6H14O4/c1-2-3-4-5-6-12-8-9(11)7-10;7-1-3-9-5-6-10-4-2-8/h9-11H,2-8H2,1H3;7-8H,1-6H2. The van der Waals surface area contributed by atoms with E-state index in [0.717, 1.165) is 6.42 Å². The minimum atomic E-state index is -0.712. The van der Waals surface area contributed by atoms with Crippen LogP contribution in [-0.4, -0.2) is 86.0 Å². The van der Waals surface area contributed by atoms with Crippen LogP contribution in [-0.2, 0) is 14.2 Å². The van der Waals surface area contributed by atoms with E-state index >= 15 is 0 Å². The first-order valence-electron chi connectivity index (χ1n) is 7.96. The smallest absolute Gasteiger partial charge is 0.100 e. The quantitative estimate of drug-likeness (QED) is 0.312. The molecule has 7 nitrogen and oxygen atoms in total. The first-order chi connectivity index (χ1) is 10.7. The number of unbranched alkanes of at least 4 members (excludes halogenated alkanes) is 3. The summed E-state index contributed by atoms with van der Waals surface area (Å²) in [6.07, 6.45) is 3.99. The van der Waals surface area contributed by atoms with Crippen LogP contribution >= 0.6 is 0 Å². The minimum absolute atomic E-state index is 0.0417. The molecule has 0 saturated carbocycles. The molecule has 0 aromatic carbocycles. The van der Waals surface area contributed by atoms with E-state index in [0.29, 0.717) is 33.0 Å². The van der Waals surface area contributed by atoms with Crippen molar-refractivity contribution in [2.24, 2.45) is 0 Å². The van der Waals surface area contributed by atoms with E-state index in [1.165, 1.54) is 19.3 Å². The summed E-state index contributed by atoms with van der Waals surface area (Å²) in [6, 6.07) is 0. The molecule has 0 spiro atoms. The third-order valence-corrected chi connectivity index (χ3v) is 2.51. The second kappa shape index (κ2) is 23.0. The molecule has 0 heterocycles. The molecule has 0 aliphatic rings. The Labute approximate surface area is 133 Å². The van der Waals surface area contributed by atoms with Crippen molar-refractivity contribution in [2.45, 2.75) is 38.7 Å². The van der Waals surface area contributed by atoms with E-state index in [-0.39, 0.29) is 26.4 Å². The molecular weight excluding hydrogens is 292 g/mol. The second-order valence-electron chi connectivity index (χ2n) is 4.64. The third-order valence-electron chi connectivity index (χ3n) is 2.51. The van der Waals surface area contributed by atoms with E-state index in [4.69, 9.17) is 34.6 Å². The van der Waals surface area contributed by atoms with Gasteiger partial charge in [0.25, 0.3) is 0 Å². The van der Waals surface area contributed by atoms with Crippen molar-refractivity contribution in [3.63, 3.8) is 0 Å². The maximum atomic E-state index is 8.89. The van der Waals surface area contributed by atoms with Crippen LogP contribution in [0.4, 0.5) is 0 Å². The molecule has 1 atom stereocenters. The van der Waals surface area contributed by atoms with Gasteiger partial charge in [-0.2, -0.15) is 0 Å². The van der Waals surface area contributed by atoms with Gasteiger partial charge in [0.2, 0.25) is 0 Å². The van der Waals surface area contributed by atoms with Crippen LogP contribution in [0.5, 0.6) is 0 Å². The highest BCUT2D eigenvalue weighted by Crippen LogP contribution is 1.98. The Morgan fingerprint density at radius 3 is 1.77 bits per heavy atom. The van der Waals surface area contributed by atoms with Gasteiger partial charge in [0.1, 0.15) is 6.10 Å². The predicted octanol–water partition coefficient (Wildman–Crippen LogP) is -0.0593. The Morgan fingerprint density at radius 1 is 0.727 bits per heavy atom. The topological polar surface area (TPSA) is 109 Å². The maximum Gasteiger partial charge on any atom is 0.100 e. The summed E-state index contributed by atoms with van der Waals surface area (Å²) < 4.78 is 14.9. The number of hydrogen-bond acceptors (Lipinski definition) is 7. The molecule has 0 rings (SSSR count). The highest BCUT2D eigenvalue weighted by atomic mass is 16.5. The first kappa shape index (κ1) is 24.0. The molecule has 0 bridgehead atoms. The Hall–Kier alpha value is -0.280. The van der Waals surface area contributed by atoms with Gasteiger partial charge in [-0.15, -0.1) is 0 Å². The van der Waals surface area contributed by atoms with Gasteiger partial charge in [-0.25, -0.2) is 0 Å². The van der Waals surface area contributed by atoms with Crippen LogP contribution in [0.2, 0.25) is 0 Å². The summed E-state index contributed by atoms with van der Waals surface area (Å²) in [7, 11) is 0. The van der Waals surface area contributed by atoms with Crippen molar-refractivity contribution in [3.05, 3.63) is 0 Å². The summed E-state index contributed by atoms with van der Waals surface area (Å²) in [5, 5.41) is 33.9. The lowest BCUT2D eigenvalue weighted by Gasteiger charge is -2.07. The Kier molecular flexibility index (Phi) is 25.1. The lowest BCUT2D eigenvalue weighted by molar-refractivity contribution is 0.00528. The Bertz CT molecular complexity index is 173. The fourth-order valence-corrected chi connectivity index (χ4v) is 1.35. The summed E-state index contributed by atoms with van der Waals surface area (Å²) >= 11 is 0. The monoisotopic (exact) mass is 326 g/mol. The molecule has 0 aromatic rings. The fraction of sp³-hybridized carbons (Fsp3) is 1.00. The second-order valence-corrected chi connectivity index (χ2v) is 4.64. The molecule has 0 aliphatic heterocycles. The van der Waals surface area contributed by atoms with Crippen molar-refractivity contribution in [1.82, 2.24) is 0 Å². The zero-order valence-electron chi connectivity index (χ0n) is 13.8. The SMILES string of the molecule is CCCCCCOCC(O)CO.OCCOCCOCCO. The molecule has 136 valence electrons. The zero-order valence-corrected chi connectivity index (χ0v) is 13.8. The van der Waals surface area contributed by atoms with E-state index < -0.39 is 6.10 Å². The number of rotatable bonds is 15. The van der Waals surface area contributed by atoms with E-state index in [2.05, 4.69) is 6.92 Å². The average molecular weight is 326 g/mol. The van der Waals surface area contributed by atoms with Crippen LogP contribution in [0.1, 0.15) is 32.6 Å². The summed E-state index contributed by atoms with van der Waals surface area (Å²) in [6.45, 7) is 4.62. The molecule has 1 unspecified atom stereocenters. The number of ether oxygens (including phenoxy) is 3. The van der Waals surface area contributed by atoms with E-state index in [1.807, 2.05) is 0 Å². The van der Waals surface area contributed by atoms with Gasteiger partial charge in [-0.05, 0) is 6.42 Å². The molecule has 4 N–H and O–H groups in total. The largest absolute Gasteiger partial charge is 0.394 e. The van der Waals surface area contributed by atoms with E-state index in [1.54, 1.807) is 0 Å². The molecule has 7 heteroatoms. The van der Waals surface area contributed by atoms with Gasteiger partial charge in [0.15, 0.2) is 0 Å². The van der Waals surface area contributed by atoms with Crippen LogP contribution in [0.25, 0.3) is 0 Å². The molecule has 0 radical (unpaired) electrons. The summed E-state index contributed by atoms with van der Waals surface area (Å²) in [5.41, 5.74) is 0. The van der Waals surface area contributed by atoms with E-state index in [9.17, 15) is 0 Å². The molecule has 0 aromatic heterocycles. The first-order valence-corrected chi connectivity index (χ1v) is 7.96. The molecule has 0 saturated heterocycles. The normalized spacial score (nSPS) is 11.9. The number of aliphatic hydroxyl groups excluding tert-OH is 4. The Balaban J connectivity index is 0. The number of hydrogen-bond donors (Lipinski definition) is 4. The lowest BCUT2D eigenvalue weighted by atomic mass is 10.2. The van der Waals surface area contributed by atoms with Gasteiger partial charge < -0.3 is 34.6 Å². The van der Waals surface area contributed by atoms with Gasteiger partial charge >= 0.3 is 0 Å². The van der Waals surface area contributed by atoms with Gasteiger partial charge in [0, 0.05) is 6.61 Å². The van der Waals surface area contributed by atoms with Gasteiger partial charge in [-0.1, -0.05) is 26.2 Å². The fourth-order valence-electron chi connectivity index (χ4n) is 1.35. The van der Waals surface area contributed by atoms with Gasteiger partial charge in [0.05, 0.1) is 52.9 Å². The molecular formula is C15H34O7. The molecule has 0 fully saturated rings. The van der Waals surface area contributed by atoms with Crippen LogP contribution in [0.3, 0.4) is 0 Å². The van der Waals surface area contributed by atoms with Crippen LogP contribution < -0.4 is 0 Å². The van der Waals surface area contributed by atoms with Crippen molar-refractivity contribution in [2.75, 3.05) is 59.5 Å². The minimum Gasteiger partial charge on any atom is -0.394 e. The molecule has 22 heavy (non-hydrogen) atoms. The highest BCUT2D eigenvalue weighted by Gasteiger charge is 2.00. The average Bonchev–Trinajstić information content (AvgIpc) is 2.54. The molecule has 0 amide bonds. The van der Waals surface area contributed by atoms with Crippen LogP contribution in [0.15, 0.2) is 0 Å². The lowest BCUT2D eigenvalue weighted by Crippen LogP contribution is -2.19. The van der Waals surface area contributed by atoms with Crippen molar-refractivity contribution in [1.29, 1.82) is 0 Å². The maximum absolute atomic E-state index is 8.89. The zero-order chi connectivity index (χ0) is 16.9. The molecule has 0 aliphatic carbocycles. The van der Waals surface area contributed by atoms with Crippen LogP contribution in [0, 0.1) is 0 Å². The third kappa shape index (κ3) is 24.7. The van der Waals surface area contributed by atoms with Crippen molar-refractivity contribution < 1.29 is 34.6 Å². The summed E-state index contributed by atoms with van der Waals surface area (Å²) in [5.74, 6) is 0. The summed E-state index contributed by atoms with van der Waals surface area (Å²) in [4.78, 5) is 0. The number of aliphatic hydroxyl groups is 4.